The molecule has 0 saturated carbocycles. The predicted octanol–water partition coefficient (Wildman–Crippen LogP) is 1.62. The molecular formula is C12H20O5. The third-order valence-corrected chi connectivity index (χ3v) is 1.74. The molecule has 0 spiro atoms. The summed E-state index contributed by atoms with van der Waals surface area (Å²) in [6.07, 6.45) is 1.33. The van der Waals surface area contributed by atoms with Gasteiger partial charge in [0.05, 0.1) is 25.6 Å². The van der Waals surface area contributed by atoms with Gasteiger partial charge in [0.2, 0.25) is 0 Å². The largest absolute Gasteiger partial charge is 0.481 e. The van der Waals surface area contributed by atoms with Gasteiger partial charge in [0, 0.05) is 0 Å². The Balaban J connectivity index is 4.20. The van der Waals surface area contributed by atoms with Crippen LogP contribution in [0.3, 0.4) is 0 Å². The summed E-state index contributed by atoms with van der Waals surface area (Å²) in [6.45, 7) is 8.88. The van der Waals surface area contributed by atoms with Crippen LogP contribution in [0.25, 0.3) is 0 Å². The van der Waals surface area contributed by atoms with Gasteiger partial charge in [-0.25, -0.2) is 0 Å². The van der Waals surface area contributed by atoms with Crippen LogP contribution in [0.2, 0.25) is 0 Å². The number of hydrogen-bond donors (Lipinski definition) is 1. The fraction of sp³-hybridized carbons (Fsp3) is 0.667. The van der Waals surface area contributed by atoms with E-state index < -0.39 is 23.5 Å². The number of esters is 1. The first kappa shape index (κ1) is 15.6. The predicted molar refractivity (Wildman–Crippen MR) is 62.6 cm³/mol. The molecule has 0 aliphatic carbocycles. The molecule has 0 amide bonds. The second-order valence-corrected chi connectivity index (χ2v) is 4.65. The van der Waals surface area contributed by atoms with Crippen molar-refractivity contribution < 1.29 is 24.2 Å². The molecule has 5 heteroatoms. The second kappa shape index (κ2) is 7.06. The van der Waals surface area contributed by atoms with E-state index in [1.807, 2.05) is 0 Å². The molecule has 1 N–H and O–H groups in total. The standard InChI is InChI=1S/C12H20O5/c1-5-6-16-8-9(11(14)15)7-10(13)17-12(2,3)4/h5,9H,1,6-8H2,2-4H3,(H,14,15)/t9-/m0/s1. The molecule has 0 fully saturated rings. The first-order chi connectivity index (χ1) is 7.76. The normalized spacial score (nSPS) is 12.9. The maximum Gasteiger partial charge on any atom is 0.309 e. The zero-order chi connectivity index (χ0) is 13.5. The summed E-state index contributed by atoms with van der Waals surface area (Å²) in [6, 6.07) is 0. The van der Waals surface area contributed by atoms with Crippen molar-refractivity contribution in [2.45, 2.75) is 32.8 Å². The van der Waals surface area contributed by atoms with Crippen molar-refractivity contribution in [1.29, 1.82) is 0 Å². The number of hydrogen-bond acceptors (Lipinski definition) is 4. The van der Waals surface area contributed by atoms with Gasteiger partial charge >= 0.3 is 11.9 Å². The molecular weight excluding hydrogens is 224 g/mol. The van der Waals surface area contributed by atoms with Crippen LogP contribution in [-0.2, 0) is 19.1 Å². The summed E-state index contributed by atoms with van der Waals surface area (Å²) in [5.41, 5.74) is -0.609. The highest BCUT2D eigenvalue weighted by Gasteiger charge is 2.25. The molecule has 5 nitrogen and oxygen atoms in total. The Hall–Kier alpha value is -1.36. The van der Waals surface area contributed by atoms with Crippen molar-refractivity contribution in [1.82, 2.24) is 0 Å². The first-order valence-electron chi connectivity index (χ1n) is 5.39. The van der Waals surface area contributed by atoms with E-state index in [1.54, 1.807) is 20.8 Å². The highest BCUT2D eigenvalue weighted by atomic mass is 16.6. The van der Waals surface area contributed by atoms with Crippen LogP contribution in [0, 0.1) is 5.92 Å². The van der Waals surface area contributed by atoms with Crippen LogP contribution >= 0.6 is 0 Å². The van der Waals surface area contributed by atoms with E-state index in [4.69, 9.17) is 14.6 Å². The summed E-state index contributed by atoms with van der Waals surface area (Å²) >= 11 is 0. The molecule has 0 aliphatic heterocycles. The summed E-state index contributed by atoms with van der Waals surface area (Å²) in [5.74, 6) is -2.49. The molecule has 0 radical (unpaired) electrons. The average molecular weight is 244 g/mol. The highest BCUT2D eigenvalue weighted by molar-refractivity contribution is 5.79. The Labute approximate surface area is 101 Å². The van der Waals surface area contributed by atoms with Gasteiger partial charge in [0.25, 0.3) is 0 Å². The van der Waals surface area contributed by atoms with Gasteiger partial charge in [-0.15, -0.1) is 6.58 Å². The molecule has 1 atom stereocenters. The van der Waals surface area contributed by atoms with Gasteiger partial charge in [0.1, 0.15) is 5.60 Å². The SMILES string of the molecule is C=CCOC[C@H](CC(=O)OC(C)(C)C)C(=O)O. The van der Waals surface area contributed by atoms with Crippen LogP contribution < -0.4 is 0 Å². The molecule has 0 aromatic rings. The minimum Gasteiger partial charge on any atom is -0.481 e. The number of ether oxygens (including phenoxy) is 2. The summed E-state index contributed by atoms with van der Waals surface area (Å²) in [4.78, 5) is 22.3. The molecule has 0 aromatic heterocycles. The fourth-order valence-corrected chi connectivity index (χ4v) is 1.10. The van der Waals surface area contributed by atoms with Crippen molar-refractivity contribution in [2.75, 3.05) is 13.2 Å². The Morgan fingerprint density at radius 2 is 2.00 bits per heavy atom. The number of carboxylic acid groups (broad SMARTS) is 1. The van der Waals surface area contributed by atoms with Gasteiger partial charge in [-0.2, -0.15) is 0 Å². The van der Waals surface area contributed by atoms with E-state index in [0.29, 0.717) is 0 Å². The maximum absolute atomic E-state index is 11.4. The van der Waals surface area contributed by atoms with Gasteiger partial charge in [-0.3, -0.25) is 9.59 Å². The molecule has 0 aliphatic rings. The van der Waals surface area contributed by atoms with Crippen molar-refractivity contribution in [3.63, 3.8) is 0 Å². The van der Waals surface area contributed by atoms with E-state index >= 15 is 0 Å². The van der Waals surface area contributed by atoms with E-state index in [-0.39, 0.29) is 19.6 Å². The lowest BCUT2D eigenvalue weighted by atomic mass is 10.1. The van der Waals surface area contributed by atoms with Crippen molar-refractivity contribution in [3.8, 4) is 0 Å². The third-order valence-electron chi connectivity index (χ3n) is 1.74. The molecule has 0 bridgehead atoms. The average Bonchev–Trinajstić information content (AvgIpc) is 2.13. The quantitative estimate of drug-likeness (QED) is 0.418. The zero-order valence-corrected chi connectivity index (χ0v) is 10.6. The second-order valence-electron chi connectivity index (χ2n) is 4.65. The van der Waals surface area contributed by atoms with Crippen molar-refractivity contribution in [3.05, 3.63) is 12.7 Å². The molecule has 0 heterocycles. The minimum absolute atomic E-state index is 0.0272. The smallest absolute Gasteiger partial charge is 0.309 e. The molecule has 0 saturated heterocycles. The topological polar surface area (TPSA) is 72.8 Å². The molecule has 0 rings (SSSR count). The van der Waals surface area contributed by atoms with E-state index in [9.17, 15) is 9.59 Å². The molecule has 0 unspecified atom stereocenters. The zero-order valence-electron chi connectivity index (χ0n) is 10.6. The lowest BCUT2D eigenvalue weighted by molar-refractivity contribution is -0.161. The molecule has 0 aromatic carbocycles. The van der Waals surface area contributed by atoms with Crippen LogP contribution in [0.4, 0.5) is 0 Å². The van der Waals surface area contributed by atoms with Crippen LogP contribution in [0.5, 0.6) is 0 Å². The summed E-state index contributed by atoms with van der Waals surface area (Å²) in [5, 5.41) is 8.91. The van der Waals surface area contributed by atoms with Crippen LogP contribution in [0.1, 0.15) is 27.2 Å². The maximum atomic E-state index is 11.4. The third kappa shape index (κ3) is 8.45. The Kier molecular flexibility index (Phi) is 6.50. The Morgan fingerprint density at radius 3 is 2.41 bits per heavy atom. The van der Waals surface area contributed by atoms with E-state index in [2.05, 4.69) is 6.58 Å². The highest BCUT2D eigenvalue weighted by Crippen LogP contribution is 2.12. The number of carbonyl (C=O) groups excluding carboxylic acids is 1. The van der Waals surface area contributed by atoms with Gasteiger partial charge < -0.3 is 14.6 Å². The Morgan fingerprint density at radius 1 is 1.41 bits per heavy atom. The van der Waals surface area contributed by atoms with Gasteiger partial charge in [0.15, 0.2) is 0 Å². The lowest BCUT2D eigenvalue weighted by Gasteiger charge is -2.20. The van der Waals surface area contributed by atoms with Crippen molar-refractivity contribution >= 4 is 11.9 Å². The summed E-state index contributed by atoms with van der Waals surface area (Å²) in [7, 11) is 0. The summed E-state index contributed by atoms with van der Waals surface area (Å²) < 4.78 is 10.1. The molecule has 98 valence electrons. The van der Waals surface area contributed by atoms with Crippen LogP contribution in [0.15, 0.2) is 12.7 Å². The van der Waals surface area contributed by atoms with Gasteiger partial charge in [-0.05, 0) is 20.8 Å². The monoisotopic (exact) mass is 244 g/mol. The number of carbonyl (C=O) groups is 2. The number of aliphatic carboxylic acids is 1. The van der Waals surface area contributed by atoms with Crippen LogP contribution in [-0.4, -0.2) is 35.9 Å². The minimum atomic E-state index is -1.07. The Bertz CT molecular complexity index is 277. The van der Waals surface area contributed by atoms with E-state index in [1.165, 1.54) is 6.08 Å². The number of rotatable bonds is 7. The first-order valence-corrected chi connectivity index (χ1v) is 5.39. The van der Waals surface area contributed by atoms with Gasteiger partial charge in [-0.1, -0.05) is 6.08 Å². The molecule has 17 heavy (non-hydrogen) atoms. The fourth-order valence-electron chi connectivity index (χ4n) is 1.10. The van der Waals surface area contributed by atoms with E-state index in [0.717, 1.165) is 0 Å². The van der Waals surface area contributed by atoms with Crippen molar-refractivity contribution in [2.24, 2.45) is 5.92 Å². The number of carboxylic acids is 1. The lowest BCUT2D eigenvalue weighted by Crippen LogP contribution is -2.29.